The number of hydrogen-bond acceptors (Lipinski definition) is 3. The average Bonchev–Trinajstić information content (AvgIpc) is 3.27. The van der Waals surface area contributed by atoms with Crippen molar-refractivity contribution >= 4 is 5.65 Å². The maximum Gasteiger partial charge on any atom is 0.137 e. The highest BCUT2D eigenvalue weighted by Crippen LogP contribution is 2.22. The molecule has 4 heteroatoms. The molecule has 0 amide bonds. The Morgan fingerprint density at radius 1 is 1.16 bits per heavy atom. The highest BCUT2D eigenvalue weighted by Gasteiger charge is 2.26. The summed E-state index contributed by atoms with van der Waals surface area (Å²) in [5.74, 6) is 0.709. The Bertz CT molecular complexity index is 778. The van der Waals surface area contributed by atoms with Crippen molar-refractivity contribution in [1.82, 2.24) is 19.6 Å². The Morgan fingerprint density at radius 3 is 2.84 bits per heavy atom. The van der Waals surface area contributed by atoms with E-state index in [0.717, 1.165) is 24.4 Å². The SMILES string of the molecule is C[C@@H](NCc1cn2ccccc2n1)[C@H]1CCN(Cc2ccccc2)C1. The highest BCUT2D eigenvalue weighted by atomic mass is 15.2. The normalized spacial score (nSPS) is 19.5. The number of likely N-dealkylation sites (tertiary alicyclic amines) is 1. The average molecular weight is 334 g/mol. The minimum absolute atomic E-state index is 0.505. The van der Waals surface area contributed by atoms with Crippen LogP contribution in [0.1, 0.15) is 24.6 Å². The second kappa shape index (κ2) is 7.38. The Kier molecular flexibility index (Phi) is 4.81. The van der Waals surface area contributed by atoms with Crippen LogP contribution in [0.4, 0.5) is 0 Å². The summed E-state index contributed by atoms with van der Waals surface area (Å²) in [6, 6.07) is 17.4. The maximum absolute atomic E-state index is 4.67. The van der Waals surface area contributed by atoms with Gasteiger partial charge in [-0.25, -0.2) is 4.98 Å². The first kappa shape index (κ1) is 16.3. The van der Waals surface area contributed by atoms with E-state index in [9.17, 15) is 0 Å². The number of hydrogen-bond donors (Lipinski definition) is 1. The summed E-state index contributed by atoms with van der Waals surface area (Å²) < 4.78 is 2.08. The second-order valence-corrected chi connectivity index (χ2v) is 7.14. The van der Waals surface area contributed by atoms with Crippen LogP contribution in [0.2, 0.25) is 0 Å². The number of aromatic nitrogens is 2. The van der Waals surface area contributed by atoms with Gasteiger partial charge in [-0.3, -0.25) is 4.90 Å². The molecule has 3 aromatic rings. The molecular weight excluding hydrogens is 308 g/mol. The predicted octanol–water partition coefficient (Wildman–Crippen LogP) is 3.33. The van der Waals surface area contributed by atoms with Gasteiger partial charge in [0.1, 0.15) is 5.65 Å². The summed E-state index contributed by atoms with van der Waals surface area (Å²) in [4.78, 5) is 7.24. The number of nitrogens with one attached hydrogen (secondary N) is 1. The van der Waals surface area contributed by atoms with E-state index < -0.39 is 0 Å². The van der Waals surface area contributed by atoms with Gasteiger partial charge >= 0.3 is 0 Å². The fraction of sp³-hybridized carbons (Fsp3) is 0.381. The third-order valence-corrected chi connectivity index (χ3v) is 5.28. The molecule has 3 heterocycles. The number of rotatable bonds is 6. The fourth-order valence-corrected chi connectivity index (χ4v) is 3.76. The number of pyridine rings is 1. The molecule has 2 atom stereocenters. The lowest BCUT2D eigenvalue weighted by atomic mass is 10.0. The molecule has 1 aliphatic heterocycles. The van der Waals surface area contributed by atoms with Crippen LogP contribution >= 0.6 is 0 Å². The molecule has 4 nitrogen and oxygen atoms in total. The highest BCUT2D eigenvalue weighted by molar-refractivity contribution is 5.39. The molecule has 0 spiro atoms. The summed E-state index contributed by atoms with van der Waals surface area (Å²) in [5.41, 5.74) is 3.53. The van der Waals surface area contributed by atoms with Crippen LogP contribution < -0.4 is 5.32 Å². The number of fused-ring (bicyclic) bond motifs is 1. The lowest BCUT2D eigenvalue weighted by molar-refractivity contribution is 0.296. The minimum Gasteiger partial charge on any atom is -0.308 e. The monoisotopic (exact) mass is 334 g/mol. The first-order chi connectivity index (χ1) is 12.3. The zero-order valence-electron chi connectivity index (χ0n) is 14.8. The minimum atomic E-state index is 0.505. The Morgan fingerprint density at radius 2 is 2.00 bits per heavy atom. The van der Waals surface area contributed by atoms with Crippen LogP contribution in [0.3, 0.4) is 0 Å². The van der Waals surface area contributed by atoms with Crippen LogP contribution in [0.5, 0.6) is 0 Å². The Labute approximate surface area is 149 Å². The van der Waals surface area contributed by atoms with Gasteiger partial charge in [0.05, 0.1) is 5.69 Å². The number of imidazole rings is 1. The van der Waals surface area contributed by atoms with Crippen molar-refractivity contribution in [2.45, 2.75) is 32.5 Å². The van der Waals surface area contributed by atoms with Gasteiger partial charge in [0.25, 0.3) is 0 Å². The van der Waals surface area contributed by atoms with Gasteiger partial charge in [-0.1, -0.05) is 36.4 Å². The van der Waals surface area contributed by atoms with E-state index in [0.29, 0.717) is 12.0 Å². The van der Waals surface area contributed by atoms with Gasteiger partial charge in [-0.05, 0) is 43.5 Å². The lowest BCUT2D eigenvalue weighted by Gasteiger charge is -2.21. The summed E-state index contributed by atoms with van der Waals surface area (Å²) in [7, 11) is 0. The molecule has 1 saturated heterocycles. The van der Waals surface area contributed by atoms with E-state index in [1.807, 2.05) is 24.4 Å². The van der Waals surface area contributed by atoms with E-state index in [4.69, 9.17) is 0 Å². The van der Waals surface area contributed by atoms with Crippen molar-refractivity contribution in [1.29, 1.82) is 0 Å². The molecule has 2 aromatic heterocycles. The zero-order chi connectivity index (χ0) is 17.1. The first-order valence-corrected chi connectivity index (χ1v) is 9.20. The quantitative estimate of drug-likeness (QED) is 0.750. The standard InChI is InChI=1S/C21H26N4/c1-17(22-13-20-16-25-11-6-5-9-21(25)23-20)19-10-12-24(15-19)14-18-7-3-2-4-8-18/h2-9,11,16-17,19,22H,10,12-15H2,1H3/t17-,19+/m1/s1. The van der Waals surface area contributed by atoms with Gasteiger partial charge in [0, 0.05) is 38.1 Å². The predicted molar refractivity (Wildman–Crippen MR) is 101 cm³/mol. The third kappa shape index (κ3) is 3.91. The molecule has 0 unspecified atom stereocenters. The van der Waals surface area contributed by atoms with Crippen LogP contribution in [0, 0.1) is 5.92 Å². The van der Waals surface area contributed by atoms with Crippen LogP contribution in [0.25, 0.3) is 5.65 Å². The van der Waals surface area contributed by atoms with E-state index in [1.54, 1.807) is 0 Å². The molecule has 1 N–H and O–H groups in total. The van der Waals surface area contributed by atoms with E-state index >= 15 is 0 Å². The maximum atomic E-state index is 4.67. The smallest absolute Gasteiger partial charge is 0.137 e. The van der Waals surface area contributed by atoms with Gasteiger partial charge in [-0.15, -0.1) is 0 Å². The van der Waals surface area contributed by atoms with Gasteiger partial charge in [0.2, 0.25) is 0 Å². The number of nitrogens with zero attached hydrogens (tertiary/aromatic N) is 3. The third-order valence-electron chi connectivity index (χ3n) is 5.28. The first-order valence-electron chi connectivity index (χ1n) is 9.20. The molecular formula is C21H26N4. The van der Waals surface area contributed by atoms with E-state index in [-0.39, 0.29) is 0 Å². The van der Waals surface area contributed by atoms with E-state index in [1.165, 1.54) is 25.1 Å². The van der Waals surface area contributed by atoms with Crippen molar-refractivity contribution in [2.75, 3.05) is 13.1 Å². The summed E-state index contributed by atoms with van der Waals surface area (Å²) in [5, 5.41) is 3.68. The molecule has 25 heavy (non-hydrogen) atoms. The zero-order valence-corrected chi connectivity index (χ0v) is 14.8. The van der Waals surface area contributed by atoms with Crippen molar-refractivity contribution in [3.8, 4) is 0 Å². The van der Waals surface area contributed by atoms with Crippen molar-refractivity contribution in [3.63, 3.8) is 0 Å². The van der Waals surface area contributed by atoms with Gasteiger partial charge in [-0.2, -0.15) is 0 Å². The molecule has 0 bridgehead atoms. The summed E-state index contributed by atoms with van der Waals surface area (Å²) >= 11 is 0. The molecule has 130 valence electrons. The summed E-state index contributed by atoms with van der Waals surface area (Å²) in [6.07, 6.45) is 5.44. The second-order valence-electron chi connectivity index (χ2n) is 7.14. The molecule has 1 aliphatic rings. The van der Waals surface area contributed by atoms with Crippen LogP contribution in [-0.4, -0.2) is 33.4 Å². The molecule has 0 saturated carbocycles. The molecule has 4 rings (SSSR count). The molecule has 1 aromatic carbocycles. The van der Waals surface area contributed by atoms with Crippen molar-refractivity contribution in [2.24, 2.45) is 5.92 Å². The lowest BCUT2D eigenvalue weighted by Crippen LogP contribution is -2.35. The Balaban J connectivity index is 1.29. The number of benzene rings is 1. The topological polar surface area (TPSA) is 32.6 Å². The largest absolute Gasteiger partial charge is 0.308 e. The van der Waals surface area contributed by atoms with Crippen LogP contribution in [0.15, 0.2) is 60.9 Å². The molecule has 1 fully saturated rings. The van der Waals surface area contributed by atoms with Gasteiger partial charge in [0.15, 0.2) is 0 Å². The van der Waals surface area contributed by atoms with Crippen molar-refractivity contribution < 1.29 is 0 Å². The van der Waals surface area contributed by atoms with E-state index in [2.05, 4.69) is 63.1 Å². The van der Waals surface area contributed by atoms with Gasteiger partial charge < -0.3 is 9.72 Å². The van der Waals surface area contributed by atoms with Crippen LogP contribution in [-0.2, 0) is 13.1 Å². The van der Waals surface area contributed by atoms with Crippen molar-refractivity contribution in [3.05, 3.63) is 72.2 Å². The Hall–Kier alpha value is -2.17. The molecule has 0 aliphatic carbocycles. The summed E-state index contributed by atoms with van der Waals surface area (Å²) in [6.45, 7) is 6.58. The molecule has 0 radical (unpaired) electrons. The fourth-order valence-electron chi connectivity index (χ4n) is 3.76.